The number of amides is 1. The van der Waals surface area contributed by atoms with Gasteiger partial charge in [0.2, 0.25) is 0 Å². The third-order valence-electron chi connectivity index (χ3n) is 3.56. The minimum Gasteiger partial charge on any atom is -0.322 e. The number of benzene rings is 1. The van der Waals surface area contributed by atoms with Crippen LogP contribution in [0.4, 0.5) is 5.69 Å². The van der Waals surface area contributed by atoms with Crippen molar-refractivity contribution in [1.82, 2.24) is 9.97 Å². The van der Waals surface area contributed by atoms with E-state index in [1.54, 1.807) is 31.2 Å². The molecule has 0 fully saturated rings. The number of hydrogen-bond donors (Lipinski definition) is 2. The number of anilines is 1. The van der Waals surface area contributed by atoms with Gasteiger partial charge in [-0.05, 0) is 26.0 Å². The zero-order valence-electron chi connectivity index (χ0n) is 14.5. The fraction of sp³-hybridized carbons (Fsp3) is 0.333. The summed E-state index contributed by atoms with van der Waals surface area (Å²) in [5, 5.41) is 2.64. The molecule has 1 heterocycles. The standard InChI is InChI=1S/C18H21N3O3/c1-10-14(16(24)21-17(19-10)18(3,4)5)15(23)20-13-8-6-7-12(9-13)11(2)22/h6-9H,1-5H3,(H,20,23)(H,19,21,24). The fourth-order valence-corrected chi connectivity index (χ4v) is 2.22. The van der Waals surface area contributed by atoms with Crippen LogP contribution in [-0.4, -0.2) is 21.7 Å². The van der Waals surface area contributed by atoms with Gasteiger partial charge in [0.1, 0.15) is 11.4 Å². The molecule has 6 nitrogen and oxygen atoms in total. The molecule has 24 heavy (non-hydrogen) atoms. The number of Topliss-reactive ketones (excluding diaryl/α,β-unsaturated/α-hetero) is 1. The number of carbonyl (C=O) groups is 2. The smallest absolute Gasteiger partial charge is 0.264 e. The second-order valence-corrected chi connectivity index (χ2v) is 6.72. The van der Waals surface area contributed by atoms with Crippen LogP contribution in [0.5, 0.6) is 0 Å². The monoisotopic (exact) mass is 327 g/mol. The Morgan fingerprint density at radius 3 is 2.42 bits per heavy atom. The second-order valence-electron chi connectivity index (χ2n) is 6.72. The van der Waals surface area contributed by atoms with Gasteiger partial charge in [0.05, 0.1) is 5.69 Å². The maximum absolute atomic E-state index is 12.4. The minimum absolute atomic E-state index is 0.0313. The fourth-order valence-electron chi connectivity index (χ4n) is 2.22. The third-order valence-corrected chi connectivity index (χ3v) is 3.56. The number of aryl methyl sites for hydroxylation is 1. The summed E-state index contributed by atoms with van der Waals surface area (Å²) in [6.07, 6.45) is 0. The van der Waals surface area contributed by atoms with E-state index in [0.717, 1.165) is 0 Å². The van der Waals surface area contributed by atoms with Gasteiger partial charge < -0.3 is 10.3 Å². The number of hydrogen-bond acceptors (Lipinski definition) is 4. The Bertz CT molecular complexity index is 861. The van der Waals surface area contributed by atoms with E-state index in [1.165, 1.54) is 6.92 Å². The lowest BCUT2D eigenvalue weighted by atomic mass is 9.95. The highest BCUT2D eigenvalue weighted by Crippen LogP contribution is 2.18. The third kappa shape index (κ3) is 3.76. The van der Waals surface area contributed by atoms with Gasteiger partial charge in [0.15, 0.2) is 5.78 Å². The molecule has 2 aromatic rings. The van der Waals surface area contributed by atoms with Crippen LogP contribution in [0.25, 0.3) is 0 Å². The van der Waals surface area contributed by atoms with Gasteiger partial charge in [0, 0.05) is 16.7 Å². The molecule has 0 aliphatic heterocycles. The molecule has 6 heteroatoms. The second kappa shape index (κ2) is 6.39. The average Bonchev–Trinajstić information content (AvgIpc) is 2.45. The quantitative estimate of drug-likeness (QED) is 0.848. The largest absolute Gasteiger partial charge is 0.322 e. The van der Waals surface area contributed by atoms with Crippen LogP contribution >= 0.6 is 0 Å². The van der Waals surface area contributed by atoms with Gasteiger partial charge in [-0.3, -0.25) is 14.4 Å². The van der Waals surface area contributed by atoms with Crippen LogP contribution in [-0.2, 0) is 5.41 Å². The van der Waals surface area contributed by atoms with Crippen LogP contribution in [0, 0.1) is 6.92 Å². The molecule has 2 rings (SSSR count). The Kier molecular flexibility index (Phi) is 4.68. The number of aromatic nitrogens is 2. The van der Waals surface area contributed by atoms with Crippen molar-refractivity contribution in [1.29, 1.82) is 0 Å². The van der Waals surface area contributed by atoms with E-state index >= 15 is 0 Å². The van der Waals surface area contributed by atoms with E-state index in [4.69, 9.17) is 0 Å². The molecule has 0 spiro atoms. The molecule has 0 radical (unpaired) electrons. The summed E-state index contributed by atoms with van der Waals surface area (Å²) in [7, 11) is 0. The molecule has 1 aromatic carbocycles. The molecule has 2 N–H and O–H groups in total. The Balaban J connectivity index is 2.36. The van der Waals surface area contributed by atoms with Gasteiger partial charge in [0.25, 0.3) is 11.5 Å². The predicted molar refractivity (Wildman–Crippen MR) is 92.7 cm³/mol. The molecule has 0 saturated carbocycles. The number of aromatic amines is 1. The van der Waals surface area contributed by atoms with Crippen molar-refractivity contribution < 1.29 is 9.59 Å². The van der Waals surface area contributed by atoms with Gasteiger partial charge in [-0.2, -0.15) is 0 Å². The van der Waals surface area contributed by atoms with E-state index in [-0.39, 0.29) is 16.8 Å². The van der Waals surface area contributed by atoms with Crippen LogP contribution in [0.2, 0.25) is 0 Å². The molecule has 0 atom stereocenters. The molecule has 126 valence electrons. The van der Waals surface area contributed by atoms with E-state index in [2.05, 4.69) is 15.3 Å². The first-order chi connectivity index (χ1) is 11.1. The highest BCUT2D eigenvalue weighted by Gasteiger charge is 2.22. The summed E-state index contributed by atoms with van der Waals surface area (Å²) < 4.78 is 0. The van der Waals surface area contributed by atoms with Crippen LogP contribution in [0.15, 0.2) is 29.1 Å². The van der Waals surface area contributed by atoms with Gasteiger partial charge in [-0.15, -0.1) is 0 Å². The molecule has 0 unspecified atom stereocenters. The van der Waals surface area contributed by atoms with Crippen molar-refractivity contribution in [3.05, 3.63) is 57.3 Å². The predicted octanol–water partition coefficient (Wildman–Crippen LogP) is 2.83. The summed E-state index contributed by atoms with van der Waals surface area (Å²) in [4.78, 5) is 43.2. The lowest BCUT2D eigenvalue weighted by molar-refractivity contribution is 0.101. The summed E-state index contributed by atoms with van der Waals surface area (Å²) in [6.45, 7) is 8.86. The topological polar surface area (TPSA) is 91.9 Å². The Labute approximate surface area is 140 Å². The zero-order valence-corrected chi connectivity index (χ0v) is 14.5. The van der Waals surface area contributed by atoms with E-state index in [0.29, 0.717) is 22.8 Å². The summed E-state index contributed by atoms with van der Waals surface area (Å²) >= 11 is 0. The maximum Gasteiger partial charge on any atom is 0.264 e. The molecule has 1 amide bonds. The first kappa shape index (κ1) is 17.6. The number of carbonyl (C=O) groups excluding carboxylic acids is 2. The number of ketones is 1. The summed E-state index contributed by atoms with van der Waals surface area (Å²) in [5.41, 5.74) is 0.466. The highest BCUT2D eigenvalue weighted by molar-refractivity contribution is 6.05. The van der Waals surface area contributed by atoms with E-state index in [9.17, 15) is 14.4 Å². The van der Waals surface area contributed by atoms with Crippen molar-refractivity contribution in [2.24, 2.45) is 0 Å². The molecule has 0 aliphatic rings. The van der Waals surface area contributed by atoms with Gasteiger partial charge >= 0.3 is 0 Å². The average molecular weight is 327 g/mol. The minimum atomic E-state index is -0.553. The summed E-state index contributed by atoms with van der Waals surface area (Å²) in [6, 6.07) is 6.56. The van der Waals surface area contributed by atoms with Gasteiger partial charge in [-0.25, -0.2) is 4.98 Å². The summed E-state index contributed by atoms with van der Waals surface area (Å²) in [5.74, 6) is -0.126. The van der Waals surface area contributed by atoms with Crippen molar-refractivity contribution in [2.75, 3.05) is 5.32 Å². The van der Waals surface area contributed by atoms with Crippen LogP contribution < -0.4 is 10.9 Å². The molecule has 0 aliphatic carbocycles. The van der Waals surface area contributed by atoms with Crippen molar-refractivity contribution >= 4 is 17.4 Å². The first-order valence-corrected chi connectivity index (χ1v) is 7.63. The Morgan fingerprint density at radius 1 is 1.21 bits per heavy atom. The Hall–Kier alpha value is -2.76. The maximum atomic E-state index is 12.4. The molecular formula is C18H21N3O3. The van der Waals surface area contributed by atoms with Crippen LogP contribution in [0.1, 0.15) is 59.9 Å². The van der Waals surface area contributed by atoms with Crippen molar-refractivity contribution in [3.8, 4) is 0 Å². The molecule has 1 aromatic heterocycles. The molecule has 0 bridgehead atoms. The number of H-pyrrole nitrogens is 1. The number of rotatable bonds is 3. The lowest BCUT2D eigenvalue weighted by Crippen LogP contribution is -2.30. The molecular weight excluding hydrogens is 306 g/mol. The SMILES string of the molecule is CC(=O)c1cccc(NC(=O)c2c(C)nc(C(C)(C)C)[nH]c2=O)c1. The first-order valence-electron chi connectivity index (χ1n) is 7.63. The zero-order chi connectivity index (χ0) is 18.1. The lowest BCUT2D eigenvalue weighted by Gasteiger charge is -2.18. The van der Waals surface area contributed by atoms with E-state index < -0.39 is 11.5 Å². The normalized spacial score (nSPS) is 11.2. The molecule has 0 saturated heterocycles. The van der Waals surface area contributed by atoms with Crippen molar-refractivity contribution in [2.45, 2.75) is 40.0 Å². The highest BCUT2D eigenvalue weighted by atomic mass is 16.2. The Morgan fingerprint density at radius 2 is 1.88 bits per heavy atom. The van der Waals surface area contributed by atoms with Crippen LogP contribution in [0.3, 0.4) is 0 Å². The number of nitrogens with zero attached hydrogens (tertiary/aromatic N) is 1. The van der Waals surface area contributed by atoms with Crippen molar-refractivity contribution in [3.63, 3.8) is 0 Å². The number of nitrogens with one attached hydrogen (secondary N) is 2. The van der Waals surface area contributed by atoms with E-state index in [1.807, 2.05) is 20.8 Å². The van der Waals surface area contributed by atoms with Gasteiger partial charge in [-0.1, -0.05) is 32.9 Å².